The minimum absolute atomic E-state index is 0.248. The fraction of sp³-hybridized carbons (Fsp3) is 0.542. The molecule has 2 aromatic rings. The molecule has 1 saturated heterocycles. The second-order valence-corrected chi connectivity index (χ2v) is 9.58. The van der Waals surface area contributed by atoms with Crippen LogP contribution in [0.1, 0.15) is 57.8 Å². The summed E-state index contributed by atoms with van der Waals surface area (Å²) < 4.78 is 13.5. The van der Waals surface area contributed by atoms with E-state index in [4.69, 9.17) is 9.47 Å². The van der Waals surface area contributed by atoms with Crippen molar-refractivity contribution in [3.63, 3.8) is 0 Å². The van der Waals surface area contributed by atoms with Gasteiger partial charge in [0.2, 0.25) is 0 Å². The predicted octanol–water partition coefficient (Wildman–Crippen LogP) is 5.04. The number of nitrogens with zero attached hydrogens (tertiary/aromatic N) is 2. The van der Waals surface area contributed by atoms with Gasteiger partial charge in [0, 0.05) is 18.5 Å². The molecule has 0 N–H and O–H groups in total. The summed E-state index contributed by atoms with van der Waals surface area (Å²) in [6, 6.07) is 8.53. The van der Waals surface area contributed by atoms with E-state index >= 15 is 0 Å². The number of rotatable bonds is 0. The summed E-state index contributed by atoms with van der Waals surface area (Å²) in [7, 11) is 0. The molecule has 1 aromatic heterocycles. The number of para-hydroxylation sites is 1. The van der Waals surface area contributed by atoms with Crippen molar-refractivity contribution in [2.45, 2.75) is 58.6 Å². The highest BCUT2D eigenvalue weighted by molar-refractivity contribution is 5.94. The Morgan fingerprint density at radius 2 is 2.03 bits per heavy atom. The third kappa shape index (κ3) is 3.07. The number of fused-ring (bicyclic) bond motifs is 6. The van der Waals surface area contributed by atoms with E-state index in [1.54, 1.807) is 0 Å². The van der Waals surface area contributed by atoms with Crippen molar-refractivity contribution >= 4 is 17.0 Å². The van der Waals surface area contributed by atoms with Crippen LogP contribution in [0.3, 0.4) is 0 Å². The SMILES string of the molecule is CC1=C2CN3CCc4c(n(C(=O)OC(C)(C)C)c5ccccc45)[C@@H]3C[C@@H]2CCO1. The average Bonchev–Trinajstić information content (AvgIpc) is 3.01. The van der Waals surface area contributed by atoms with E-state index in [0.717, 1.165) is 55.9 Å². The summed E-state index contributed by atoms with van der Waals surface area (Å²) in [6.45, 7) is 10.6. The van der Waals surface area contributed by atoms with Gasteiger partial charge in [-0.15, -0.1) is 0 Å². The Morgan fingerprint density at radius 3 is 2.83 bits per heavy atom. The Bertz CT molecular complexity index is 1010. The van der Waals surface area contributed by atoms with Gasteiger partial charge in [0.15, 0.2) is 0 Å². The second-order valence-electron chi connectivity index (χ2n) is 9.58. The summed E-state index contributed by atoms with van der Waals surface area (Å²) >= 11 is 0. The fourth-order valence-corrected chi connectivity index (χ4v) is 5.38. The normalized spacial score (nSPS) is 24.6. The van der Waals surface area contributed by atoms with E-state index < -0.39 is 5.60 Å². The summed E-state index contributed by atoms with van der Waals surface area (Å²) in [5, 5.41) is 1.19. The zero-order chi connectivity index (χ0) is 20.3. The van der Waals surface area contributed by atoms with E-state index in [1.807, 2.05) is 31.4 Å². The van der Waals surface area contributed by atoms with Crippen molar-refractivity contribution in [2.75, 3.05) is 19.7 Å². The highest BCUT2D eigenvalue weighted by atomic mass is 16.6. The van der Waals surface area contributed by atoms with Crippen LogP contribution in [0.4, 0.5) is 4.79 Å². The van der Waals surface area contributed by atoms with Gasteiger partial charge in [-0.3, -0.25) is 4.90 Å². The smallest absolute Gasteiger partial charge is 0.419 e. The van der Waals surface area contributed by atoms with E-state index in [0.29, 0.717) is 5.92 Å². The first-order chi connectivity index (χ1) is 13.8. The van der Waals surface area contributed by atoms with Crippen LogP contribution >= 0.6 is 0 Å². The van der Waals surface area contributed by atoms with Crippen molar-refractivity contribution in [3.05, 3.63) is 46.9 Å². The molecule has 0 spiro atoms. The molecule has 5 heteroatoms. The van der Waals surface area contributed by atoms with Crippen molar-refractivity contribution in [1.29, 1.82) is 0 Å². The van der Waals surface area contributed by atoms with E-state index in [9.17, 15) is 4.79 Å². The van der Waals surface area contributed by atoms with Crippen LogP contribution in [0.5, 0.6) is 0 Å². The topological polar surface area (TPSA) is 43.7 Å². The van der Waals surface area contributed by atoms with E-state index in [2.05, 4.69) is 30.0 Å². The van der Waals surface area contributed by atoms with Crippen LogP contribution in [0.2, 0.25) is 0 Å². The Balaban J connectivity index is 1.64. The number of benzene rings is 1. The molecular weight excluding hydrogens is 364 g/mol. The molecule has 4 heterocycles. The lowest BCUT2D eigenvalue weighted by Crippen LogP contribution is -2.45. The Labute approximate surface area is 172 Å². The van der Waals surface area contributed by atoms with Crippen LogP contribution in [0.25, 0.3) is 10.9 Å². The van der Waals surface area contributed by atoms with Crippen molar-refractivity contribution < 1.29 is 14.3 Å². The highest BCUT2D eigenvalue weighted by Gasteiger charge is 2.42. The zero-order valence-electron chi connectivity index (χ0n) is 17.8. The van der Waals surface area contributed by atoms with Crippen LogP contribution in [-0.2, 0) is 15.9 Å². The monoisotopic (exact) mass is 394 g/mol. The quantitative estimate of drug-likeness (QED) is 0.628. The number of carbonyl (C=O) groups excluding carboxylic acids is 1. The maximum atomic E-state index is 13.3. The lowest BCUT2D eigenvalue weighted by Gasteiger charge is -2.45. The first kappa shape index (κ1) is 18.7. The highest BCUT2D eigenvalue weighted by Crippen LogP contribution is 2.46. The number of aromatic nitrogens is 1. The second kappa shape index (κ2) is 6.63. The Hall–Kier alpha value is -2.27. The molecule has 0 aliphatic carbocycles. The molecular formula is C24H30N2O3. The summed E-state index contributed by atoms with van der Waals surface area (Å²) in [5.74, 6) is 1.65. The lowest BCUT2D eigenvalue weighted by atomic mass is 9.79. The third-order valence-corrected chi connectivity index (χ3v) is 6.61. The maximum Gasteiger partial charge on any atom is 0.419 e. The first-order valence-corrected chi connectivity index (χ1v) is 10.8. The summed E-state index contributed by atoms with van der Waals surface area (Å²) in [4.78, 5) is 15.8. The summed E-state index contributed by atoms with van der Waals surface area (Å²) in [6.07, 6.45) is 2.81. The van der Waals surface area contributed by atoms with Crippen LogP contribution in [0.15, 0.2) is 35.6 Å². The zero-order valence-corrected chi connectivity index (χ0v) is 17.8. The molecule has 5 nitrogen and oxygen atoms in total. The van der Waals surface area contributed by atoms with Gasteiger partial charge in [-0.2, -0.15) is 0 Å². The molecule has 0 amide bonds. The van der Waals surface area contributed by atoms with Gasteiger partial charge in [0.1, 0.15) is 5.60 Å². The van der Waals surface area contributed by atoms with Crippen molar-refractivity contribution in [3.8, 4) is 0 Å². The molecule has 3 aliphatic heterocycles. The van der Waals surface area contributed by atoms with Gasteiger partial charge < -0.3 is 9.47 Å². The molecule has 1 fully saturated rings. The predicted molar refractivity (Wildman–Crippen MR) is 113 cm³/mol. The summed E-state index contributed by atoms with van der Waals surface area (Å²) in [5.41, 5.74) is 4.37. The molecule has 1 aromatic carbocycles. The van der Waals surface area contributed by atoms with Crippen molar-refractivity contribution in [1.82, 2.24) is 9.47 Å². The van der Waals surface area contributed by atoms with Gasteiger partial charge in [-0.25, -0.2) is 9.36 Å². The van der Waals surface area contributed by atoms with E-state index in [-0.39, 0.29) is 12.1 Å². The van der Waals surface area contributed by atoms with Gasteiger partial charge in [-0.05, 0) is 70.1 Å². The van der Waals surface area contributed by atoms with Gasteiger partial charge in [-0.1, -0.05) is 18.2 Å². The van der Waals surface area contributed by atoms with E-state index in [1.165, 1.54) is 16.5 Å². The molecule has 0 bridgehead atoms. The molecule has 2 atom stereocenters. The molecule has 0 saturated carbocycles. The minimum atomic E-state index is -0.524. The van der Waals surface area contributed by atoms with Crippen molar-refractivity contribution in [2.24, 2.45) is 5.92 Å². The minimum Gasteiger partial charge on any atom is -0.498 e. The number of hydrogen-bond donors (Lipinski definition) is 0. The Morgan fingerprint density at radius 1 is 1.24 bits per heavy atom. The number of carbonyl (C=O) groups is 1. The lowest BCUT2D eigenvalue weighted by molar-refractivity contribution is 0.0504. The molecule has 0 unspecified atom stereocenters. The fourth-order valence-electron chi connectivity index (χ4n) is 5.38. The third-order valence-electron chi connectivity index (χ3n) is 6.61. The molecule has 29 heavy (non-hydrogen) atoms. The standard InChI is InChI=1S/C24H30N2O3/c1-15-19-14-25-11-9-18-17-7-5-6-8-20(17)26(23(27)29-24(2,3)4)22(18)21(25)13-16(19)10-12-28-15/h5-8,16,21H,9-14H2,1-4H3/t16-,21-/m0/s1. The molecule has 154 valence electrons. The number of allylic oxidation sites excluding steroid dienone is 1. The molecule has 5 rings (SSSR count). The van der Waals surface area contributed by atoms with Crippen LogP contribution < -0.4 is 0 Å². The largest absolute Gasteiger partial charge is 0.498 e. The Kier molecular flexibility index (Phi) is 4.28. The first-order valence-electron chi connectivity index (χ1n) is 10.8. The maximum absolute atomic E-state index is 13.3. The van der Waals surface area contributed by atoms with Gasteiger partial charge in [0.05, 0.1) is 29.6 Å². The number of hydrogen-bond acceptors (Lipinski definition) is 4. The van der Waals surface area contributed by atoms with Crippen LogP contribution in [-0.4, -0.2) is 40.9 Å². The molecule has 0 radical (unpaired) electrons. The molecule has 3 aliphatic rings. The van der Waals surface area contributed by atoms with Gasteiger partial charge >= 0.3 is 6.09 Å². The van der Waals surface area contributed by atoms with Crippen LogP contribution in [0, 0.1) is 5.92 Å². The number of ether oxygens (including phenoxy) is 2. The van der Waals surface area contributed by atoms with Gasteiger partial charge in [0.25, 0.3) is 0 Å². The average molecular weight is 395 g/mol. The number of piperidine rings is 1.